The molecular formula is C20H21N5O2. The fourth-order valence-corrected chi connectivity index (χ4v) is 2.80. The first-order chi connectivity index (χ1) is 13.0. The van der Waals surface area contributed by atoms with Crippen molar-refractivity contribution in [2.24, 2.45) is 5.92 Å². The van der Waals surface area contributed by atoms with Crippen molar-refractivity contribution < 1.29 is 4.79 Å². The van der Waals surface area contributed by atoms with Crippen LogP contribution in [0.2, 0.25) is 0 Å². The lowest BCUT2D eigenvalue weighted by atomic mass is 10.1. The van der Waals surface area contributed by atoms with Crippen LogP contribution in [0.15, 0.2) is 47.3 Å². The number of H-pyrrole nitrogens is 1. The molecule has 2 aromatic heterocycles. The van der Waals surface area contributed by atoms with Crippen molar-refractivity contribution in [3.8, 4) is 17.2 Å². The molecule has 0 radical (unpaired) electrons. The van der Waals surface area contributed by atoms with Gasteiger partial charge in [0, 0.05) is 29.5 Å². The number of benzene rings is 1. The average Bonchev–Trinajstić information content (AvgIpc) is 3.42. The Balaban J connectivity index is 1.79. The van der Waals surface area contributed by atoms with Gasteiger partial charge in [-0.1, -0.05) is 44.2 Å². The van der Waals surface area contributed by atoms with Crippen LogP contribution in [-0.2, 0) is 4.79 Å². The highest BCUT2D eigenvalue weighted by molar-refractivity contribution is 5.91. The average molecular weight is 363 g/mol. The Kier molecular flexibility index (Phi) is 4.35. The molecule has 0 aliphatic heterocycles. The monoisotopic (exact) mass is 363 g/mol. The van der Waals surface area contributed by atoms with E-state index in [9.17, 15) is 9.59 Å². The highest BCUT2D eigenvalue weighted by atomic mass is 16.2. The van der Waals surface area contributed by atoms with Crippen LogP contribution in [0.3, 0.4) is 0 Å². The van der Waals surface area contributed by atoms with Crippen molar-refractivity contribution in [1.29, 1.82) is 0 Å². The predicted molar refractivity (Wildman–Crippen MR) is 103 cm³/mol. The Bertz CT molecular complexity index is 1030. The van der Waals surface area contributed by atoms with Crippen LogP contribution in [0, 0.1) is 5.92 Å². The first-order valence-corrected chi connectivity index (χ1v) is 9.09. The van der Waals surface area contributed by atoms with Crippen molar-refractivity contribution in [1.82, 2.24) is 19.7 Å². The van der Waals surface area contributed by atoms with E-state index in [1.807, 2.05) is 50.2 Å². The van der Waals surface area contributed by atoms with Crippen LogP contribution in [-0.4, -0.2) is 25.7 Å². The van der Waals surface area contributed by atoms with Gasteiger partial charge in [-0.15, -0.1) is 0 Å². The Morgan fingerprint density at radius 3 is 2.63 bits per heavy atom. The van der Waals surface area contributed by atoms with Crippen LogP contribution in [0.5, 0.6) is 0 Å². The second-order valence-corrected chi connectivity index (χ2v) is 7.10. The number of nitrogens with one attached hydrogen (secondary N) is 2. The second-order valence-electron chi connectivity index (χ2n) is 7.10. The molecule has 1 aromatic carbocycles. The van der Waals surface area contributed by atoms with Crippen molar-refractivity contribution in [3.63, 3.8) is 0 Å². The van der Waals surface area contributed by atoms with E-state index in [-0.39, 0.29) is 23.3 Å². The Hall–Kier alpha value is -3.22. The largest absolute Gasteiger partial charge is 0.310 e. The molecule has 0 saturated heterocycles. The summed E-state index contributed by atoms with van der Waals surface area (Å²) in [5.74, 6) is 0.932. The topological polar surface area (TPSA) is 92.7 Å². The predicted octanol–water partition coefficient (Wildman–Crippen LogP) is 3.09. The maximum atomic E-state index is 12.2. The third kappa shape index (κ3) is 3.67. The summed E-state index contributed by atoms with van der Waals surface area (Å²) in [6, 6.07) is 12.8. The minimum Gasteiger partial charge on any atom is -0.310 e. The summed E-state index contributed by atoms with van der Waals surface area (Å²) in [4.78, 5) is 31.7. The summed E-state index contributed by atoms with van der Waals surface area (Å²) in [7, 11) is 0. The Morgan fingerprint density at radius 2 is 1.96 bits per heavy atom. The molecule has 2 N–H and O–H groups in total. The summed E-state index contributed by atoms with van der Waals surface area (Å²) >= 11 is 0. The molecule has 7 nitrogen and oxygen atoms in total. The van der Waals surface area contributed by atoms with E-state index >= 15 is 0 Å². The van der Waals surface area contributed by atoms with Crippen molar-refractivity contribution in [2.45, 2.75) is 32.6 Å². The smallest absolute Gasteiger partial charge is 0.252 e. The fraction of sp³-hybridized carbons (Fsp3) is 0.300. The lowest BCUT2D eigenvalue weighted by molar-refractivity contribution is -0.118. The summed E-state index contributed by atoms with van der Waals surface area (Å²) < 4.78 is 1.52. The first kappa shape index (κ1) is 17.2. The zero-order chi connectivity index (χ0) is 19.0. The van der Waals surface area contributed by atoms with Crippen LogP contribution in [0.1, 0.15) is 38.3 Å². The number of nitrogens with zero attached hydrogens (tertiary/aromatic N) is 3. The SMILES string of the molecule is CC(C)C(=O)Nc1cc(C2CC2)nn1-c1nc(-c2ccccc2)cc(=O)[nH]1. The fourth-order valence-electron chi connectivity index (χ4n) is 2.80. The molecule has 1 saturated carbocycles. The van der Waals surface area contributed by atoms with Crippen molar-refractivity contribution in [2.75, 3.05) is 5.32 Å². The van der Waals surface area contributed by atoms with Gasteiger partial charge in [-0.05, 0) is 12.8 Å². The van der Waals surface area contributed by atoms with Crippen LogP contribution in [0.4, 0.5) is 5.82 Å². The molecule has 1 amide bonds. The van der Waals surface area contributed by atoms with Gasteiger partial charge in [0.25, 0.3) is 5.56 Å². The van der Waals surface area contributed by atoms with Crippen LogP contribution < -0.4 is 10.9 Å². The molecule has 3 aromatic rings. The molecule has 1 aliphatic rings. The quantitative estimate of drug-likeness (QED) is 0.728. The van der Waals surface area contributed by atoms with E-state index < -0.39 is 0 Å². The molecule has 0 atom stereocenters. The van der Waals surface area contributed by atoms with Crippen molar-refractivity contribution >= 4 is 11.7 Å². The summed E-state index contributed by atoms with van der Waals surface area (Å²) in [6.07, 6.45) is 2.17. The van der Waals surface area contributed by atoms with Crippen molar-refractivity contribution in [3.05, 3.63) is 58.5 Å². The van der Waals surface area contributed by atoms with Gasteiger partial charge in [-0.25, -0.2) is 4.98 Å². The number of carbonyl (C=O) groups excluding carboxylic acids is 1. The lowest BCUT2D eigenvalue weighted by Crippen LogP contribution is -2.21. The molecule has 138 valence electrons. The molecule has 7 heteroatoms. The summed E-state index contributed by atoms with van der Waals surface area (Å²) in [5.41, 5.74) is 2.02. The Morgan fingerprint density at radius 1 is 1.22 bits per heavy atom. The number of rotatable bonds is 5. The van der Waals surface area contributed by atoms with E-state index in [1.54, 1.807) is 0 Å². The molecule has 1 aliphatic carbocycles. The van der Waals surface area contributed by atoms with E-state index in [1.165, 1.54) is 10.7 Å². The normalized spacial score (nSPS) is 13.7. The maximum absolute atomic E-state index is 12.2. The molecule has 0 spiro atoms. The second kappa shape index (κ2) is 6.83. The van der Waals surface area contributed by atoms with Crippen LogP contribution >= 0.6 is 0 Å². The van der Waals surface area contributed by atoms with Gasteiger partial charge in [-0.3, -0.25) is 14.6 Å². The van der Waals surface area contributed by atoms with E-state index in [0.29, 0.717) is 17.4 Å². The number of carbonyl (C=O) groups is 1. The van der Waals surface area contributed by atoms with Gasteiger partial charge in [0.2, 0.25) is 11.9 Å². The number of aromatic amines is 1. The Labute approximate surface area is 156 Å². The van der Waals surface area contributed by atoms with Gasteiger partial charge in [0.05, 0.1) is 11.4 Å². The number of hydrogen-bond acceptors (Lipinski definition) is 4. The highest BCUT2D eigenvalue weighted by Crippen LogP contribution is 2.40. The van der Waals surface area contributed by atoms with Gasteiger partial charge in [0.1, 0.15) is 5.82 Å². The number of hydrogen-bond donors (Lipinski definition) is 2. The summed E-state index contributed by atoms with van der Waals surface area (Å²) in [6.45, 7) is 3.65. The standard InChI is InChI=1S/C20H21N5O2/c1-12(2)19(27)22-17-10-16(14-8-9-14)24-25(17)20-21-15(11-18(26)23-20)13-6-4-3-5-7-13/h3-7,10-12,14H,8-9H2,1-2H3,(H,22,27)(H,21,23,26). The third-order valence-corrected chi connectivity index (χ3v) is 4.50. The molecule has 4 rings (SSSR count). The maximum Gasteiger partial charge on any atom is 0.252 e. The van der Waals surface area contributed by atoms with E-state index in [4.69, 9.17) is 0 Å². The van der Waals surface area contributed by atoms with Gasteiger partial charge in [-0.2, -0.15) is 9.78 Å². The molecule has 2 heterocycles. The van der Waals surface area contributed by atoms with E-state index in [2.05, 4.69) is 20.4 Å². The molecule has 27 heavy (non-hydrogen) atoms. The van der Waals surface area contributed by atoms with Gasteiger partial charge < -0.3 is 5.32 Å². The molecule has 1 fully saturated rings. The van der Waals surface area contributed by atoms with Crippen LogP contribution in [0.25, 0.3) is 17.2 Å². The third-order valence-electron chi connectivity index (χ3n) is 4.50. The minimum atomic E-state index is -0.275. The minimum absolute atomic E-state index is 0.111. The van der Waals surface area contributed by atoms with Gasteiger partial charge >= 0.3 is 0 Å². The lowest BCUT2D eigenvalue weighted by Gasteiger charge is -2.10. The zero-order valence-electron chi connectivity index (χ0n) is 15.3. The summed E-state index contributed by atoms with van der Waals surface area (Å²) in [5, 5.41) is 7.49. The molecule has 0 unspecified atom stereocenters. The van der Waals surface area contributed by atoms with E-state index in [0.717, 1.165) is 24.1 Å². The first-order valence-electron chi connectivity index (χ1n) is 9.09. The number of amides is 1. The van der Waals surface area contributed by atoms with Gasteiger partial charge in [0.15, 0.2) is 0 Å². The number of anilines is 1. The highest BCUT2D eigenvalue weighted by Gasteiger charge is 2.28. The molecule has 0 bridgehead atoms. The number of aromatic nitrogens is 4. The molecular weight excluding hydrogens is 342 g/mol. The zero-order valence-corrected chi connectivity index (χ0v) is 15.3.